The largest absolute Gasteiger partial charge is 0.497 e. The molecule has 5 nitrogen and oxygen atoms in total. The summed E-state index contributed by atoms with van der Waals surface area (Å²) in [4.78, 5) is 11.9. The summed E-state index contributed by atoms with van der Waals surface area (Å²) in [6.07, 6.45) is 1.67. The number of methoxy groups -OCH3 is 1. The average Bonchev–Trinajstić information content (AvgIpc) is 2.59. The molecule has 2 aromatic carbocycles. The number of rotatable bonds is 8. The molecule has 0 bridgehead atoms. The second kappa shape index (κ2) is 8.48. The smallest absolute Gasteiger partial charge is 0.262 e. The van der Waals surface area contributed by atoms with Crippen LogP contribution in [0.15, 0.2) is 61.2 Å². The van der Waals surface area contributed by atoms with E-state index in [2.05, 4.69) is 11.9 Å². The SMILES string of the molecule is C=CCOc1ccc(NC(=O)COc2cccc(OC)c2)cc1. The Kier molecular flexibility index (Phi) is 6.06. The minimum absolute atomic E-state index is 0.0815. The van der Waals surface area contributed by atoms with Gasteiger partial charge in [-0.15, -0.1) is 0 Å². The molecule has 0 aliphatic heterocycles. The number of anilines is 1. The minimum atomic E-state index is -0.243. The molecular weight excluding hydrogens is 294 g/mol. The lowest BCUT2D eigenvalue weighted by atomic mass is 10.3. The van der Waals surface area contributed by atoms with E-state index in [0.29, 0.717) is 23.8 Å². The number of carbonyl (C=O) groups is 1. The third kappa shape index (κ3) is 5.39. The Morgan fingerprint density at radius 1 is 1.09 bits per heavy atom. The van der Waals surface area contributed by atoms with Gasteiger partial charge in [0, 0.05) is 11.8 Å². The molecule has 0 heterocycles. The molecule has 0 fully saturated rings. The van der Waals surface area contributed by atoms with Crippen molar-refractivity contribution in [1.29, 1.82) is 0 Å². The highest BCUT2D eigenvalue weighted by atomic mass is 16.5. The lowest BCUT2D eigenvalue weighted by Crippen LogP contribution is -2.20. The van der Waals surface area contributed by atoms with E-state index in [-0.39, 0.29) is 12.5 Å². The van der Waals surface area contributed by atoms with Crippen molar-refractivity contribution in [2.75, 3.05) is 25.6 Å². The van der Waals surface area contributed by atoms with Crippen molar-refractivity contribution in [3.63, 3.8) is 0 Å². The highest BCUT2D eigenvalue weighted by molar-refractivity contribution is 5.91. The number of benzene rings is 2. The molecule has 1 amide bonds. The van der Waals surface area contributed by atoms with Gasteiger partial charge < -0.3 is 19.5 Å². The second-order valence-electron chi connectivity index (χ2n) is 4.64. The molecule has 0 aromatic heterocycles. The van der Waals surface area contributed by atoms with Gasteiger partial charge in [0.1, 0.15) is 23.9 Å². The van der Waals surface area contributed by atoms with E-state index in [1.807, 2.05) is 6.07 Å². The Morgan fingerprint density at radius 3 is 2.52 bits per heavy atom. The normalized spacial score (nSPS) is 9.78. The zero-order chi connectivity index (χ0) is 16.5. The van der Waals surface area contributed by atoms with Crippen LogP contribution >= 0.6 is 0 Å². The third-order valence-electron chi connectivity index (χ3n) is 2.92. The van der Waals surface area contributed by atoms with E-state index >= 15 is 0 Å². The number of amides is 1. The average molecular weight is 313 g/mol. The first-order chi connectivity index (χ1) is 11.2. The number of nitrogens with one attached hydrogen (secondary N) is 1. The molecule has 1 N–H and O–H groups in total. The predicted molar refractivity (Wildman–Crippen MR) is 89.3 cm³/mol. The first-order valence-corrected chi connectivity index (χ1v) is 7.11. The van der Waals surface area contributed by atoms with Gasteiger partial charge in [0.2, 0.25) is 0 Å². The van der Waals surface area contributed by atoms with Crippen LogP contribution in [0.3, 0.4) is 0 Å². The van der Waals surface area contributed by atoms with Crippen molar-refractivity contribution >= 4 is 11.6 Å². The van der Waals surface area contributed by atoms with Gasteiger partial charge in [-0.3, -0.25) is 4.79 Å². The van der Waals surface area contributed by atoms with Crippen LogP contribution in [0.5, 0.6) is 17.2 Å². The van der Waals surface area contributed by atoms with Crippen molar-refractivity contribution in [2.45, 2.75) is 0 Å². The summed E-state index contributed by atoms with van der Waals surface area (Å²) in [5.41, 5.74) is 0.676. The van der Waals surface area contributed by atoms with Gasteiger partial charge in [-0.05, 0) is 36.4 Å². The zero-order valence-corrected chi connectivity index (χ0v) is 13.0. The quantitative estimate of drug-likeness (QED) is 0.760. The molecule has 0 aliphatic carbocycles. The lowest BCUT2D eigenvalue weighted by molar-refractivity contribution is -0.118. The van der Waals surface area contributed by atoms with Crippen LogP contribution < -0.4 is 19.5 Å². The van der Waals surface area contributed by atoms with E-state index in [1.54, 1.807) is 55.7 Å². The Morgan fingerprint density at radius 2 is 1.83 bits per heavy atom. The van der Waals surface area contributed by atoms with Crippen LogP contribution in [0.25, 0.3) is 0 Å². The fourth-order valence-electron chi connectivity index (χ4n) is 1.83. The predicted octanol–water partition coefficient (Wildman–Crippen LogP) is 3.28. The van der Waals surface area contributed by atoms with Crippen LogP contribution in [-0.4, -0.2) is 26.2 Å². The van der Waals surface area contributed by atoms with Crippen LogP contribution in [0.1, 0.15) is 0 Å². The molecule has 23 heavy (non-hydrogen) atoms. The molecule has 120 valence electrons. The number of carbonyl (C=O) groups excluding carboxylic acids is 1. The fraction of sp³-hybridized carbons (Fsp3) is 0.167. The van der Waals surface area contributed by atoms with Crippen LogP contribution in [0.4, 0.5) is 5.69 Å². The highest BCUT2D eigenvalue weighted by Crippen LogP contribution is 2.19. The maximum atomic E-state index is 11.9. The van der Waals surface area contributed by atoms with E-state index in [4.69, 9.17) is 14.2 Å². The summed E-state index contributed by atoms with van der Waals surface area (Å²) in [7, 11) is 1.58. The van der Waals surface area contributed by atoms with Gasteiger partial charge in [0.15, 0.2) is 6.61 Å². The van der Waals surface area contributed by atoms with Gasteiger partial charge in [-0.2, -0.15) is 0 Å². The van der Waals surface area contributed by atoms with E-state index < -0.39 is 0 Å². The van der Waals surface area contributed by atoms with Crippen molar-refractivity contribution in [1.82, 2.24) is 0 Å². The first kappa shape index (κ1) is 16.4. The van der Waals surface area contributed by atoms with Crippen LogP contribution in [-0.2, 0) is 4.79 Å². The maximum absolute atomic E-state index is 11.9. The van der Waals surface area contributed by atoms with E-state index in [1.165, 1.54) is 0 Å². The Balaban J connectivity index is 1.83. The number of hydrogen-bond donors (Lipinski definition) is 1. The molecule has 0 aliphatic rings. The third-order valence-corrected chi connectivity index (χ3v) is 2.92. The number of hydrogen-bond acceptors (Lipinski definition) is 4. The monoisotopic (exact) mass is 313 g/mol. The molecular formula is C18H19NO4. The Bertz CT molecular complexity index is 652. The van der Waals surface area contributed by atoms with E-state index in [0.717, 1.165) is 5.75 Å². The van der Waals surface area contributed by atoms with Gasteiger partial charge in [-0.25, -0.2) is 0 Å². The Hall–Kier alpha value is -2.95. The standard InChI is InChI=1S/C18H19NO4/c1-3-11-22-15-9-7-14(8-10-15)19-18(20)13-23-17-6-4-5-16(12-17)21-2/h3-10,12H,1,11,13H2,2H3,(H,19,20). The van der Waals surface area contributed by atoms with Crippen molar-refractivity contribution in [2.24, 2.45) is 0 Å². The molecule has 0 atom stereocenters. The molecule has 0 saturated carbocycles. The lowest BCUT2D eigenvalue weighted by Gasteiger charge is -2.09. The molecule has 2 aromatic rings. The Labute approximate surface area is 135 Å². The molecule has 0 radical (unpaired) electrons. The molecule has 0 spiro atoms. The zero-order valence-electron chi connectivity index (χ0n) is 13.0. The summed E-state index contributed by atoms with van der Waals surface area (Å²) in [6.45, 7) is 3.95. The second-order valence-corrected chi connectivity index (χ2v) is 4.64. The summed E-state index contributed by atoms with van der Waals surface area (Å²) < 4.78 is 15.9. The van der Waals surface area contributed by atoms with Crippen LogP contribution in [0, 0.1) is 0 Å². The van der Waals surface area contributed by atoms with Gasteiger partial charge in [0.25, 0.3) is 5.91 Å². The summed E-state index contributed by atoms with van der Waals surface area (Å²) in [5, 5.41) is 2.75. The topological polar surface area (TPSA) is 56.8 Å². The summed E-state index contributed by atoms with van der Waals surface area (Å²) in [5.74, 6) is 1.73. The van der Waals surface area contributed by atoms with Gasteiger partial charge >= 0.3 is 0 Å². The summed E-state index contributed by atoms with van der Waals surface area (Å²) >= 11 is 0. The highest BCUT2D eigenvalue weighted by Gasteiger charge is 2.05. The minimum Gasteiger partial charge on any atom is -0.497 e. The van der Waals surface area contributed by atoms with Gasteiger partial charge in [-0.1, -0.05) is 18.7 Å². The molecule has 5 heteroatoms. The first-order valence-electron chi connectivity index (χ1n) is 7.11. The van der Waals surface area contributed by atoms with E-state index in [9.17, 15) is 4.79 Å². The van der Waals surface area contributed by atoms with Gasteiger partial charge in [0.05, 0.1) is 7.11 Å². The number of ether oxygens (including phenoxy) is 3. The molecule has 0 saturated heterocycles. The molecule has 0 unspecified atom stereocenters. The van der Waals surface area contributed by atoms with Crippen molar-refractivity contribution in [3.8, 4) is 17.2 Å². The molecule has 2 rings (SSSR count). The van der Waals surface area contributed by atoms with Crippen LogP contribution in [0.2, 0.25) is 0 Å². The fourth-order valence-corrected chi connectivity index (χ4v) is 1.83. The maximum Gasteiger partial charge on any atom is 0.262 e. The summed E-state index contributed by atoms with van der Waals surface area (Å²) in [6, 6.07) is 14.2. The van der Waals surface area contributed by atoms with Crippen molar-refractivity contribution in [3.05, 3.63) is 61.2 Å². The van der Waals surface area contributed by atoms with Crippen molar-refractivity contribution < 1.29 is 19.0 Å².